The fourth-order valence-corrected chi connectivity index (χ4v) is 2.68. The number of aryl methyl sites for hydroxylation is 2. The van der Waals surface area contributed by atoms with E-state index < -0.39 is 5.63 Å². The Hall–Kier alpha value is -2.70. The molecule has 3 heterocycles. The number of amides is 1. The lowest BCUT2D eigenvalue weighted by atomic mass is 10.1. The fourth-order valence-electron chi connectivity index (χ4n) is 2.68. The predicted octanol–water partition coefficient (Wildman–Crippen LogP) is 1.73. The van der Waals surface area contributed by atoms with Crippen molar-refractivity contribution in [2.45, 2.75) is 32.8 Å². The van der Waals surface area contributed by atoms with Crippen LogP contribution >= 0.6 is 0 Å². The third kappa shape index (κ3) is 3.79. The summed E-state index contributed by atoms with van der Waals surface area (Å²) in [6.07, 6.45) is 4.46. The van der Waals surface area contributed by atoms with Gasteiger partial charge in [0.2, 0.25) is 0 Å². The highest BCUT2D eigenvalue weighted by Gasteiger charge is 2.25. The number of piperidine rings is 1. The van der Waals surface area contributed by atoms with Crippen LogP contribution in [0.4, 0.5) is 0 Å². The summed E-state index contributed by atoms with van der Waals surface area (Å²) in [6, 6.07) is 3.03. The lowest BCUT2D eigenvalue weighted by molar-refractivity contribution is 0.0588. The number of hydrogen-bond donors (Lipinski definition) is 0. The summed E-state index contributed by atoms with van der Waals surface area (Å²) in [4.78, 5) is 33.7. The van der Waals surface area contributed by atoms with Gasteiger partial charge in [-0.1, -0.05) is 0 Å². The summed E-state index contributed by atoms with van der Waals surface area (Å²) >= 11 is 0. The molecule has 1 amide bonds. The lowest BCUT2D eigenvalue weighted by Gasteiger charge is -2.31. The first-order valence-corrected chi connectivity index (χ1v) is 7.87. The molecule has 0 radical (unpaired) electrons. The molecule has 3 rings (SSSR count). The zero-order valence-electron chi connectivity index (χ0n) is 13.7. The molecule has 0 atom stereocenters. The van der Waals surface area contributed by atoms with Gasteiger partial charge in [0.1, 0.15) is 23.3 Å². The Morgan fingerprint density at radius 1 is 1.21 bits per heavy atom. The minimum atomic E-state index is -0.421. The highest BCUT2D eigenvalue weighted by Crippen LogP contribution is 2.19. The van der Waals surface area contributed by atoms with E-state index in [1.54, 1.807) is 24.1 Å². The molecule has 0 spiro atoms. The zero-order chi connectivity index (χ0) is 17.1. The Balaban J connectivity index is 1.58. The average molecular weight is 329 g/mol. The summed E-state index contributed by atoms with van der Waals surface area (Å²) in [6.45, 7) is 4.70. The molecular formula is C17H19N3O4. The molecule has 0 aromatic carbocycles. The Morgan fingerprint density at radius 2 is 1.96 bits per heavy atom. The third-order valence-corrected chi connectivity index (χ3v) is 3.90. The molecule has 0 unspecified atom stereocenters. The second kappa shape index (κ2) is 6.82. The van der Waals surface area contributed by atoms with Gasteiger partial charge in [0.05, 0.1) is 18.0 Å². The maximum absolute atomic E-state index is 12.4. The van der Waals surface area contributed by atoms with Crippen molar-refractivity contribution in [1.82, 2.24) is 14.9 Å². The minimum Gasteiger partial charge on any atom is -0.490 e. The summed E-state index contributed by atoms with van der Waals surface area (Å²) in [5.41, 5.74) is 0.716. The van der Waals surface area contributed by atoms with Gasteiger partial charge in [0.25, 0.3) is 5.91 Å². The molecule has 1 fully saturated rings. The molecule has 7 nitrogen and oxygen atoms in total. The van der Waals surface area contributed by atoms with Gasteiger partial charge in [-0.2, -0.15) is 0 Å². The van der Waals surface area contributed by atoms with Crippen LogP contribution in [0.25, 0.3) is 0 Å². The molecule has 0 saturated carbocycles. The molecule has 126 valence electrons. The zero-order valence-corrected chi connectivity index (χ0v) is 13.7. The highest BCUT2D eigenvalue weighted by atomic mass is 16.5. The molecule has 2 aromatic heterocycles. The minimum absolute atomic E-state index is 0.0284. The van der Waals surface area contributed by atoms with Gasteiger partial charge in [-0.3, -0.25) is 9.78 Å². The second-order valence-corrected chi connectivity index (χ2v) is 5.88. The number of ether oxygens (including phenoxy) is 1. The van der Waals surface area contributed by atoms with Crippen molar-refractivity contribution in [2.24, 2.45) is 0 Å². The van der Waals surface area contributed by atoms with Crippen molar-refractivity contribution in [2.75, 3.05) is 13.1 Å². The van der Waals surface area contributed by atoms with Crippen LogP contribution in [-0.2, 0) is 0 Å². The standard InChI is InChI=1S/C17H19N3O4/c1-11-9-19-15(10-18-11)17(22)20-5-3-13(4-6-20)24-14-7-12(2)23-16(21)8-14/h7-10,13H,3-6H2,1-2H3. The van der Waals surface area contributed by atoms with Gasteiger partial charge in [0.15, 0.2) is 0 Å². The van der Waals surface area contributed by atoms with Crippen molar-refractivity contribution < 1.29 is 13.9 Å². The largest absolute Gasteiger partial charge is 0.490 e. The van der Waals surface area contributed by atoms with E-state index in [0.29, 0.717) is 43.1 Å². The van der Waals surface area contributed by atoms with Crippen LogP contribution in [0.15, 0.2) is 33.7 Å². The van der Waals surface area contributed by atoms with E-state index in [1.165, 1.54) is 12.3 Å². The number of hydrogen-bond acceptors (Lipinski definition) is 6. The van der Waals surface area contributed by atoms with Crippen LogP contribution < -0.4 is 10.4 Å². The van der Waals surface area contributed by atoms with E-state index in [2.05, 4.69) is 9.97 Å². The molecule has 0 bridgehead atoms. The van der Waals surface area contributed by atoms with E-state index in [9.17, 15) is 9.59 Å². The average Bonchev–Trinajstić information content (AvgIpc) is 2.55. The number of nitrogens with zero attached hydrogens (tertiary/aromatic N) is 3. The molecule has 2 aromatic rings. The number of aromatic nitrogens is 2. The first-order chi connectivity index (χ1) is 11.5. The number of carbonyl (C=O) groups excluding carboxylic acids is 1. The quantitative estimate of drug-likeness (QED) is 0.852. The van der Waals surface area contributed by atoms with Gasteiger partial charge >= 0.3 is 5.63 Å². The highest BCUT2D eigenvalue weighted by molar-refractivity contribution is 5.92. The number of carbonyl (C=O) groups is 1. The van der Waals surface area contributed by atoms with Crippen LogP contribution in [-0.4, -0.2) is 40.0 Å². The number of rotatable bonds is 3. The van der Waals surface area contributed by atoms with E-state index in [4.69, 9.17) is 9.15 Å². The van der Waals surface area contributed by atoms with Crippen molar-refractivity contribution in [3.05, 3.63) is 52.1 Å². The summed E-state index contributed by atoms with van der Waals surface area (Å²) in [7, 11) is 0. The summed E-state index contributed by atoms with van der Waals surface area (Å²) < 4.78 is 10.8. The normalized spacial score (nSPS) is 15.3. The second-order valence-electron chi connectivity index (χ2n) is 5.88. The van der Waals surface area contributed by atoms with E-state index in [-0.39, 0.29) is 12.0 Å². The van der Waals surface area contributed by atoms with Crippen LogP contribution in [0.1, 0.15) is 34.8 Å². The van der Waals surface area contributed by atoms with Crippen LogP contribution in [0.2, 0.25) is 0 Å². The summed E-state index contributed by atoms with van der Waals surface area (Å²) in [5.74, 6) is 0.915. The topological polar surface area (TPSA) is 85.5 Å². The Labute approximate surface area is 139 Å². The van der Waals surface area contributed by atoms with Crippen molar-refractivity contribution in [1.29, 1.82) is 0 Å². The molecule has 1 aliphatic heterocycles. The van der Waals surface area contributed by atoms with Crippen LogP contribution in [0, 0.1) is 13.8 Å². The monoisotopic (exact) mass is 329 g/mol. The first-order valence-electron chi connectivity index (χ1n) is 7.87. The molecule has 24 heavy (non-hydrogen) atoms. The van der Waals surface area contributed by atoms with Gasteiger partial charge in [-0.15, -0.1) is 0 Å². The number of likely N-dealkylation sites (tertiary alicyclic amines) is 1. The molecular weight excluding hydrogens is 310 g/mol. The van der Waals surface area contributed by atoms with Crippen LogP contribution in [0.5, 0.6) is 5.75 Å². The SMILES string of the molecule is Cc1cnc(C(=O)N2CCC(Oc3cc(C)oc(=O)c3)CC2)cn1. The van der Waals surface area contributed by atoms with E-state index >= 15 is 0 Å². The lowest BCUT2D eigenvalue weighted by Crippen LogP contribution is -2.42. The first kappa shape index (κ1) is 16.2. The maximum Gasteiger partial charge on any atom is 0.339 e. The third-order valence-electron chi connectivity index (χ3n) is 3.90. The summed E-state index contributed by atoms with van der Waals surface area (Å²) in [5, 5.41) is 0. The molecule has 0 N–H and O–H groups in total. The van der Waals surface area contributed by atoms with Crippen molar-refractivity contribution >= 4 is 5.91 Å². The molecule has 7 heteroatoms. The Kier molecular flexibility index (Phi) is 4.59. The van der Waals surface area contributed by atoms with Crippen molar-refractivity contribution in [3.63, 3.8) is 0 Å². The fraction of sp³-hybridized carbons (Fsp3) is 0.412. The Morgan fingerprint density at radius 3 is 2.58 bits per heavy atom. The van der Waals surface area contributed by atoms with Gasteiger partial charge in [0, 0.05) is 38.2 Å². The molecule has 1 saturated heterocycles. The maximum atomic E-state index is 12.4. The van der Waals surface area contributed by atoms with E-state index in [1.807, 2.05) is 6.92 Å². The van der Waals surface area contributed by atoms with Gasteiger partial charge < -0.3 is 14.1 Å². The smallest absolute Gasteiger partial charge is 0.339 e. The van der Waals surface area contributed by atoms with Gasteiger partial charge in [-0.05, 0) is 13.8 Å². The molecule has 1 aliphatic rings. The van der Waals surface area contributed by atoms with E-state index in [0.717, 1.165) is 5.69 Å². The molecule has 0 aliphatic carbocycles. The predicted molar refractivity (Wildman–Crippen MR) is 86.0 cm³/mol. The van der Waals surface area contributed by atoms with Crippen molar-refractivity contribution in [3.8, 4) is 5.75 Å². The van der Waals surface area contributed by atoms with Crippen LogP contribution in [0.3, 0.4) is 0 Å². The Bertz CT molecular complexity index is 777. The van der Waals surface area contributed by atoms with Gasteiger partial charge in [-0.25, -0.2) is 9.78 Å².